The molecule has 2 saturated carbocycles. The second kappa shape index (κ2) is 6.59. The van der Waals surface area contributed by atoms with Gasteiger partial charge in [0.15, 0.2) is 11.5 Å². The summed E-state index contributed by atoms with van der Waals surface area (Å²) in [5.41, 5.74) is 1.61. The van der Waals surface area contributed by atoms with Gasteiger partial charge in [-0.25, -0.2) is 0 Å². The zero-order chi connectivity index (χ0) is 21.5. The largest absolute Gasteiger partial charge is 0.504 e. The van der Waals surface area contributed by atoms with Crippen LogP contribution in [-0.2, 0) is 21.4 Å². The van der Waals surface area contributed by atoms with Crippen molar-refractivity contribution in [1.29, 1.82) is 0 Å². The number of methoxy groups -OCH3 is 1. The number of piperidine rings is 1. The van der Waals surface area contributed by atoms with E-state index in [2.05, 4.69) is 16.3 Å². The quantitative estimate of drug-likeness (QED) is 0.639. The van der Waals surface area contributed by atoms with Gasteiger partial charge in [-0.2, -0.15) is 0 Å². The Morgan fingerprint density at radius 2 is 2.16 bits per heavy atom. The summed E-state index contributed by atoms with van der Waals surface area (Å²) in [6.07, 6.45) is 5.85. The van der Waals surface area contributed by atoms with Gasteiger partial charge >= 0.3 is 5.97 Å². The molecule has 7 heteroatoms. The van der Waals surface area contributed by atoms with Gasteiger partial charge in [0, 0.05) is 31.3 Å². The summed E-state index contributed by atoms with van der Waals surface area (Å²) < 4.78 is 13.1. The second-order valence-corrected chi connectivity index (χ2v) is 10.3. The van der Waals surface area contributed by atoms with Crippen LogP contribution in [0.3, 0.4) is 0 Å². The Labute approximate surface area is 182 Å². The Hall–Kier alpha value is -1.83. The van der Waals surface area contributed by atoms with E-state index in [0.717, 1.165) is 50.3 Å². The van der Waals surface area contributed by atoms with E-state index in [1.807, 2.05) is 7.11 Å². The third-order valence-corrected chi connectivity index (χ3v) is 8.92. The van der Waals surface area contributed by atoms with Gasteiger partial charge in [0.2, 0.25) is 0 Å². The predicted molar refractivity (Wildman–Crippen MR) is 114 cm³/mol. The third kappa shape index (κ3) is 2.48. The fraction of sp³-hybridized carbons (Fsp3) is 0.708. The first-order chi connectivity index (χ1) is 14.9. The topological polar surface area (TPSA) is 91.3 Å². The number of aliphatic carboxylic acids is 1. The van der Waals surface area contributed by atoms with E-state index in [4.69, 9.17) is 9.47 Å². The summed E-state index contributed by atoms with van der Waals surface area (Å²) in [6.45, 7) is 3.81. The first-order valence-electron chi connectivity index (χ1n) is 11.7. The summed E-state index contributed by atoms with van der Waals surface area (Å²) in [5, 5.41) is 23.5. The van der Waals surface area contributed by atoms with Gasteiger partial charge in [-0.15, -0.1) is 0 Å². The van der Waals surface area contributed by atoms with Crippen molar-refractivity contribution in [3.63, 3.8) is 0 Å². The molecule has 0 aromatic heterocycles. The summed E-state index contributed by atoms with van der Waals surface area (Å²) in [7, 11) is 1.84. The molecular weight excluding hydrogens is 396 g/mol. The van der Waals surface area contributed by atoms with E-state index in [1.54, 1.807) is 13.0 Å². The van der Waals surface area contributed by atoms with Crippen LogP contribution in [0.2, 0.25) is 0 Å². The molecule has 2 heterocycles. The molecule has 3 fully saturated rings. The molecule has 1 unspecified atom stereocenters. The van der Waals surface area contributed by atoms with Crippen LogP contribution in [0.15, 0.2) is 12.1 Å². The van der Waals surface area contributed by atoms with Crippen LogP contribution >= 0.6 is 0 Å². The number of nitrogens with one attached hydrogen (secondary N) is 1. The molecule has 3 N–H and O–H groups in total. The van der Waals surface area contributed by atoms with Crippen molar-refractivity contribution in [1.82, 2.24) is 10.2 Å². The van der Waals surface area contributed by atoms with E-state index in [-0.39, 0.29) is 35.0 Å². The Kier molecular flexibility index (Phi) is 4.22. The number of aromatic hydroxyl groups is 1. The molecule has 2 aliphatic heterocycles. The standard InChI is InChI=1S/C24H32N2O5/c1-13(22(28)29)25-16-7-8-24(30-2)18-11-15-5-6-17(27)20-19(15)23(24,21(16)31-20)9-10-26(18)12-14-3-4-14/h5-6,13-14,16,18,21,25,27H,3-4,7-12H2,1-2H3,(H,28,29)/t13-,16+,18?,21-,23-,24+/m0/s1. The minimum Gasteiger partial charge on any atom is -0.504 e. The third-order valence-electron chi connectivity index (χ3n) is 8.92. The molecule has 1 spiro atoms. The Balaban J connectivity index is 1.49. The van der Waals surface area contributed by atoms with Crippen molar-refractivity contribution >= 4 is 5.97 Å². The number of phenolic OH excluding ortho intramolecular Hbond substituents is 1. The molecule has 1 aromatic carbocycles. The zero-order valence-electron chi connectivity index (χ0n) is 18.3. The van der Waals surface area contributed by atoms with Gasteiger partial charge in [-0.05, 0) is 69.5 Å². The Bertz CT molecular complexity index is 933. The number of nitrogens with zero attached hydrogens (tertiary/aromatic N) is 1. The summed E-state index contributed by atoms with van der Waals surface area (Å²) in [4.78, 5) is 14.2. The Morgan fingerprint density at radius 3 is 2.87 bits per heavy atom. The second-order valence-electron chi connectivity index (χ2n) is 10.3. The van der Waals surface area contributed by atoms with Crippen molar-refractivity contribution in [2.45, 2.75) is 80.7 Å². The molecule has 3 aliphatic carbocycles. The van der Waals surface area contributed by atoms with Gasteiger partial charge < -0.3 is 19.7 Å². The predicted octanol–water partition coefficient (Wildman–Crippen LogP) is 2.04. The van der Waals surface area contributed by atoms with Crippen LogP contribution in [0.5, 0.6) is 11.5 Å². The monoisotopic (exact) mass is 428 g/mol. The summed E-state index contributed by atoms with van der Waals surface area (Å²) in [6, 6.07) is 3.32. The minimum atomic E-state index is -0.860. The van der Waals surface area contributed by atoms with Crippen LogP contribution in [0.1, 0.15) is 50.2 Å². The molecular formula is C24H32N2O5. The molecule has 0 radical (unpaired) electrons. The maximum Gasteiger partial charge on any atom is 0.320 e. The number of benzene rings is 1. The molecule has 0 amide bonds. The fourth-order valence-electron chi connectivity index (χ4n) is 7.43. The highest BCUT2D eigenvalue weighted by Gasteiger charge is 2.73. The Morgan fingerprint density at radius 1 is 1.35 bits per heavy atom. The average molecular weight is 429 g/mol. The summed E-state index contributed by atoms with van der Waals surface area (Å²) >= 11 is 0. The lowest BCUT2D eigenvalue weighted by atomic mass is 9.48. The van der Waals surface area contributed by atoms with Crippen LogP contribution in [0.25, 0.3) is 0 Å². The number of likely N-dealkylation sites (tertiary alicyclic amines) is 1. The first kappa shape index (κ1) is 19.8. The first-order valence-corrected chi connectivity index (χ1v) is 11.7. The van der Waals surface area contributed by atoms with Crippen LogP contribution in [-0.4, -0.2) is 71.1 Å². The minimum absolute atomic E-state index is 0.109. The van der Waals surface area contributed by atoms with Crippen molar-refractivity contribution < 1.29 is 24.5 Å². The lowest BCUT2D eigenvalue weighted by Crippen LogP contribution is -2.79. The van der Waals surface area contributed by atoms with Gasteiger partial charge in [0.25, 0.3) is 0 Å². The number of rotatable bonds is 6. The van der Waals surface area contributed by atoms with Gasteiger partial charge in [0.1, 0.15) is 12.1 Å². The van der Waals surface area contributed by atoms with Crippen LogP contribution in [0, 0.1) is 5.92 Å². The maximum atomic E-state index is 11.6. The SMILES string of the molecule is CO[C@@]12CC[C@@H](N[C@@H](C)C(=O)O)[C@@H]3Oc4c(O)ccc5c4[C@@]31CCN(CC1CC1)C2C5. The number of carbonyl (C=O) groups is 1. The van der Waals surface area contributed by atoms with Gasteiger partial charge in [-0.3, -0.25) is 15.0 Å². The van der Waals surface area contributed by atoms with Crippen molar-refractivity contribution in [2.24, 2.45) is 5.92 Å². The molecule has 1 aromatic rings. The van der Waals surface area contributed by atoms with Crippen LogP contribution in [0.4, 0.5) is 0 Å². The van der Waals surface area contributed by atoms with Crippen molar-refractivity contribution in [3.8, 4) is 11.5 Å². The molecule has 168 valence electrons. The van der Waals surface area contributed by atoms with Crippen LogP contribution < -0.4 is 10.1 Å². The molecule has 7 nitrogen and oxygen atoms in total. The summed E-state index contributed by atoms with van der Waals surface area (Å²) in [5.74, 6) is 0.719. The van der Waals surface area contributed by atoms with Crippen molar-refractivity contribution in [2.75, 3.05) is 20.2 Å². The highest BCUT2D eigenvalue weighted by molar-refractivity contribution is 5.73. The smallest absolute Gasteiger partial charge is 0.320 e. The maximum absolute atomic E-state index is 11.6. The normalized spacial score (nSPS) is 39.0. The molecule has 5 aliphatic rings. The molecule has 2 bridgehead atoms. The van der Waals surface area contributed by atoms with E-state index in [0.29, 0.717) is 5.75 Å². The molecule has 31 heavy (non-hydrogen) atoms. The average Bonchev–Trinajstić information content (AvgIpc) is 3.50. The number of phenols is 1. The lowest BCUT2D eigenvalue weighted by Gasteiger charge is -2.65. The molecule has 6 rings (SSSR count). The molecule has 6 atom stereocenters. The zero-order valence-corrected chi connectivity index (χ0v) is 18.3. The highest BCUT2D eigenvalue weighted by Crippen LogP contribution is 2.66. The highest BCUT2D eigenvalue weighted by atomic mass is 16.5. The van der Waals surface area contributed by atoms with E-state index in [1.165, 1.54) is 18.4 Å². The van der Waals surface area contributed by atoms with Crippen molar-refractivity contribution in [3.05, 3.63) is 23.3 Å². The van der Waals surface area contributed by atoms with E-state index < -0.39 is 12.0 Å². The fourth-order valence-corrected chi connectivity index (χ4v) is 7.43. The number of carboxylic acids is 1. The van der Waals surface area contributed by atoms with E-state index >= 15 is 0 Å². The van der Waals surface area contributed by atoms with Gasteiger partial charge in [0.05, 0.1) is 11.0 Å². The molecule has 1 saturated heterocycles. The number of hydrogen-bond acceptors (Lipinski definition) is 6. The number of ether oxygens (including phenoxy) is 2. The number of hydrogen-bond donors (Lipinski definition) is 3. The van der Waals surface area contributed by atoms with E-state index in [9.17, 15) is 15.0 Å². The number of carboxylic acid groups (broad SMARTS) is 1. The lowest BCUT2D eigenvalue weighted by molar-refractivity contribution is -0.208. The van der Waals surface area contributed by atoms with Gasteiger partial charge in [-0.1, -0.05) is 6.07 Å².